The van der Waals surface area contributed by atoms with Crippen LogP contribution in [0.15, 0.2) is 24.3 Å². The number of hydrogen-bond donors (Lipinski definition) is 3. The highest BCUT2D eigenvalue weighted by Gasteiger charge is 2.12. The van der Waals surface area contributed by atoms with Gasteiger partial charge in [-0.3, -0.25) is 9.59 Å². The van der Waals surface area contributed by atoms with Gasteiger partial charge in [0.2, 0.25) is 11.8 Å². The van der Waals surface area contributed by atoms with Crippen molar-refractivity contribution >= 4 is 11.8 Å². The first-order chi connectivity index (χ1) is 9.00. The van der Waals surface area contributed by atoms with Gasteiger partial charge in [-0.05, 0) is 12.1 Å². The Morgan fingerprint density at radius 1 is 1.42 bits per heavy atom. The first-order valence-corrected chi connectivity index (χ1v) is 5.62. The van der Waals surface area contributed by atoms with E-state index >= 15 is 0 Å². The largest absolute Gasteiger partial charge is 0.490 e. The number of hydrogen-bond acceptors (Lipinski definition) is 4. The molecule has 0 saturated carbocycles. The average molecular weight is 270 g/mol. The predicted octanol–water partition coefficient (Wildman–Crippen LogP) is -0.443. The van der Waals surface area contributed by atoms with E-state index in [1.807, 2.05) is 0 Å². The van der Waals surface area contributed by atoms with E-state index in [0.29, 0.717) is 0 Å². The van der Waals surface area contributed by atoms with E-state index in [4.69, 9.17) is 15.6 Å². The van der Waals surface area contributed by atoms with Crippen LogP contribution in [0.25, 0.3) is 0 Å². The second-order valence-corrected chi connectivity index (χ2v) is 3.75. The first kappa shape index (κ1) is 14.9. The zero-order valence-electron chi connectivity index (χ0n) is 10.1. The molecule has 1 aromatic carbocycles. The molecule has 1 aromatic rings. The predicted molar refractivity (Wildman–Crippen MR) is 64.7 cm³/mol. The van der Waals surface area contributed by atoms with Crippen molar-refractivity contribution in [3.8, 4) is 5.75 Å². The molecule has 0 spiro atoms. The Labute approximate surface area is 109 Å². The number of aliphatic hydroxyl groups is 1. The molecule has 7 heteroatoms. The van der Waals surface area contributed by atoms with E-state index in [9.17, 15) is 14.0 Å². The van der Waals surface area contributed by atoms with Gasteiger partial charge in [0.15, 0.2) is 11.6 Å². The summed E-state index contributed by atoms with van der Waals surface area (Å²) in [6, 6.07) is 5.84. The van der Waals surface area contributed by atoms with Gasteiger partial charge in [-0.2, -0.15) is 0 Å². The number of amides is 2. The monoisotopic (exact) mass is 270 g/mol. The minimum absolute atomic E-state index is 0.0145. The lowest BCUT2D eigenvalue weighted by Gasteiger charge is -2.09. The highest BCUT2D eigenvalue weighted by Crippen LogP contribution is 2.15. The first-order valence-electron chi connectivity index (χ1n) is 5.62. The third-order valence-corrected chi connectivity index (χ3v) is 2.24. The summed E-state index contributed by atoms with van der Waals surface area (Å²) >= 11 is 0. The lowest BCUT2D eigenvalue weighted by molar-refractivity contribution is -0.127. The van der Waals surface area contributed by atoms with Crippen LogP contribution in [-0.4, -0.2) is 36.2 Å². The third-order valence-electron chi connectivity index (χ3n) is 2.24. The molecule has 4 N–H and O–H groups in total. The standard InChI is InChI=1S/C12H15FN2O4/c13-8-3-1-2-4-10(8)19-6-5-11(17)15-7-9(16)12(14)18/h1-4,9,16H,5-7H2,(H2,14,18)(H,15,17). The molecule has 19 heavy (non-hydrogen) atoms. The van der Waals surface area contributed by atoms with Gasteiger partial charge in [0.05, 0.1) is 19.6 Å². The summed E-state index contributed by atoms with van der Waals surface area (Å²) in [5, 5.41) is 11.3. The lowest BCUT2D eigenvalue weighted by Crippen LogP contribution is -2.40. The molecular formula is C12H15FN2O4. The second-order valence-electron chi connectivity index (χ2n) is 3.75. The van der Waals surface area contributed by atoms with Crippen molar-refractivity contribution in [2.75, 3.05) is 13.2 Å². The topological polar surface area (TPSA) is 102 Å². The minimum atomic E-state index is -1.42. The molecular weight excluding hydrogens is 255 g/mol. The minimum Gasteiger partial charge on any atom is -0.490 e. The summed E-state index contributed by atoms with van der Waals surface area (Å²) in [6.45, 7) is -0.271. The van der Waals surface area contributed by atoms with Crippen LogP contribution < -0.4 is 15.8 Å². The maximum Gasteiger partial charge on any atom is 0.248 e. The van der Waals surface area contributed by atoms with Crippen molar-refractivity contribution in [3.63, 3.8) is 0 Å². The summed E-state index contributed by atoms with van der Waals surface area (Å²) in [5.41, 5.74) is 4.81. The molecule has 0 aromatic heterocycles. The van der Waals surface area contributed by atoms with Crippen molar-refractivity contribution in [2.24, 2.45) is 5.73 Å². The molecule has 0 fully saturated rings. The highest BCUT2D eigenvalue weighted by molar-refractivity contribution is 5.80. The Morgan fingerprint density at radius 2 is 2.11 bits per heavy atom. The maximum absolute atomic E-state index is 13.1. The maximum atomic E-state index is 13.1. The van der Waals surface area contributed by atoms with E-state index in [2.05, 4.69) is 5.32 Å². The molecule has 1 rings (SSSR count). The molecule has 0 aliphatic heterocycles. The van der Waals surface area contributed by atoms with Crippen LogP contribution in [0.3, 0.4) is 0 Å². The van der Waals surface area contributed by atoms with Gasteiger partial charge in [-0.15, -0.1) is 0 Å². The van der Waals surface area contributed by atoms with Crippen molar-refractivity contribution in [1.82, 2.24) is 5.32 Å². The number of carbonyl (C=O) groups is 2. The van der Waals surface area contributed by atoms with Crippen LogP contribution in [0.5, 0.6) is 5.75 Å². The van der Waals surface area contributed by atoms with Crippen molar-refractivity contribution in [2.45, 2.75) is 12.5 Å². The van der Waals surface area contributed by atoms with Crippen LogP contribution in [0, 0.1) is 5.82 Å². The van der Waals surface area contributed by atoms with Gasteiger partial charge in [-0.25, -0.2) is 4.39 Å². The molecule has 1 unspecified atom stereocenters. The smallest absolute Gasteiger partial charge is 0.248 e. The zero-order chi connectivity index (χ0) is 14.3. The fourth-order valence-electron chi connectivity index (χ4n) is 1.21. The molecule has 0 saturated heterocycles. The SMILES string of the molecule is NC(=O)C(O)CNC(=O)CCOc1ccccc1F. The van der Waals surface area contributed by atoms with Crippen LogP contribution >= 0.6 is 0 Å². The summed E-state index contributed by atoms with van der Waals surface area (Å²) in [6.07, 6.45) is -1.45. The molecule has 0 heterocycles. The number of halogens is 1. The molecule has 2 amide bonds. The molecule has 0 radical (unpaired) electrons. The number of aliphatic hydroxyl groups excluding tert-OH is 1. The Kier molecular flexibility index (Phi) is 5.74. The highest BCUT2D eigenvalue weighted by atomic mass is 19.1. The summed E-state index contributed by atoms with van der Waals surface area (Å²) in [5.74, 6) is -1.79. The number of nitrogens with one attached hydrogen (secondary N) is 1. The van der Waals surface area contributed by atoms with E-state index in [-0.39, 0.29) is 25.3 Å². The fraction of sp³-hybridized carbons (Fsp3) is 0.333. The zero-order valence-corrected chi connectivity index (χ0v) is 10.1. The Bertz CT molecular complexity index is 453. The van der Waals surface area contributed by atoms with Gasteiger partial charge >= 0.3 is 0 Å². The van der Waals surface area contributed by atoms with Crippen LogP contribution in [0.4, 0.5) is 4.39 Å². The Balaban J connectivity index is 2.24. The van der Waals surface area contributed by atoms with E-state index in [1.54, 1.807) is 6.07 Å². The number of primary amides is 1. The summed E-state index contributed by atoms with van der Waals surface area (Å²) < 4.78 is 18.2. The van der Waals surface area contributed by atoms with Crippen molar-refractivity contribution < 1.29 is 23.8 Å². The van der Waals surface area contributed by atoms with E-state index in [0.717, 1.165) is 0 Å². The molecule has 6 nitrogen and oxygen atoms in total. The molecule has 104 valence electrons. The van der Waals surface area contributed by atoms with Gasteiger partial charge in [0.25, 0.3) is 0 Å². The number of benzene rings is 1. The number of rotatable bonds is 7. The number of carbonyl (C=O) groups excluding carboxylic acids is 2. The van der Waals surface area contributed by atoms with Crippen LogP contribution in [-0.2, 0) is 9.59 Å². The summed E-state index contributed by atoms with van der Waals surface area (Å²) in [7, 11) is 0. The van der Waals surface area contributed by atoms with Gasteiger partial charge in [0, 0.05) is 0 Å². The number of para-hydroxylation sites is 1. The second kappa shape index (κ2) is 7.32. The Morgan fingerprint density at radius 3 is 2.74 bits per heavy atom. The van der Waals surface area contributed by atoms with Gasteiger partial charge in [-0.1, -0.05) is 12.1 Å². The quantitative estimate of drug-likeness (QED) is 0.625. The average Bonchev–Trinajstić information content (AvgIpc) is 2.38. The molecule has 0 bridgehead atoms. The number of ether oxygens (including phenoxy) is 1. The molecule has 1 atom stereocenters. The lowest BCUT2D eigenvalue weighted by atomic mass is 10.3. The molecule has 0 aliphatic carbocycles. The Hall–Kier alpha value is -2.15. The summed E-state index contributed by atoms with van der Waals surface area (Å²) in [4.78, 5) is 21.8. The van der Waals surface area contributed by atoms with Gasteiger partial charge in [0.1, 0.15) is 6.10 Å². The van der Waals surface area contributed by atoms with E-state index in [1.165, 1.54) is 18.2 Å². The normalized spacial score (nSPS) is 11.7. The fourth-order valence-corrected chi connectivity index (χ4v) is 1.21. The third kappa shape index (κ3) is 5.35. The van der Waals surface area contributed by atoms with Crippen LogP contribution in [0.2, 0.25) is 0 Å². The number of nitrogens with two attached hydrogens (primary N) is 1. The van der Waals surface area contributed by atoms with Crippen molar-refractivity contribution in [3.05, 3.63) is 30.1 Å². The van der Waals surface area contributed by atoms with Crippen molar-refractivity contribution in [1.29, 1.82) is 0 Å². The molecule has 0 aliphatic rings. The van der Waals surface area contributed by atoms with Crippen LogP contribution in [0.1, 0.15) is 6.42 Å². The van der Waals surface area contributed by atoms with Gasteiger partial charge < -0.3 is 20.9 Å². The van der Waals surface area contributed by atoms with E-state index < -0.39 is 23.7 Å².